The van der Waals surface area contributed by atoms with Crippen molar-refractivity contribution in [3.05, 3.63) is 20.8 Å². The van der Waals surface area contributed by atoms with Crippen molar-refractivity contribution in [3.63, 3.8) is 0 Å². The lowest BCUT2D eigenvalue weighted by atomic mass is 10.2. The average Bonchev–Trinajstić information content (AvgIpc) is 2.53. The Labute approximate surface area is 97.1 Å². The Morgan fingerprint density at radius 1 is 1.64 bits per heavy atom. The first-order chi connectivity index (χ1) is 6.63. The van der Waals surface area contributed by atoms with Crippen LogP contribution < -0.4 is 5.32 Å². The van der Waals surface area contributed by atoms with E-state index in [9.17, 15) is 0 Å². The molecule has 76 valence electrons. The third kappa shape index (κ3) is 3.41. The van der Waals surface area contributed by atoms with E-state index < -0.39 is 0 Å². The van der Waals surface area contributed by atoms with Gasteiger partial charge < -0.3 is 0 Å². The van der Waals surface area contributed by atoms with Crippen LogP contribution in [0.4, 0.5) is 0 Å². The van der Waals surface area contributed by atoms with Crippen LogP contribution >= 0.6 is 27.3 Å². The zero-order chi connectivity index (χ0) is 10.6. The molecule has 1 atom stereocenters. The fourth-order valence-electron chi connectivity index (χ4n) is 1.04. The Hall–Kier alpha value is -0.370. The first kappa shape index (κ1) is 11.7. The van der Waals surface area contributed by atoms with Gasteiger partial charge in [0, 0.05) is 14.7 Å². The number of nitrogens with one attached hydrogen (secondary N) is 1. The summed E-state index contributed by atoms with van der Waals surface area (Å²) in [5.74, 6) is 0.564. The number of nitriles is 1. The predicted molar refractivity (Wildman–Crippen MR) is 63.2 cm³/mol. The first-order valence-corrected chi connectivity index (χ1v) is 6.17. The van der Waals surface area contributed by atoms with Crippen molar-refractivity contribution in [1.29, 1.82) is 5.26 Å². The van der Waals surface area contributed by atoms with Crippen LogP contribution in [-0.2, 0) is 0 Å². The minimum absolute atomic E-state index is 0.173. The maximum absolute atomic E-state index is 8.98. The van der Waals surface area contributed by atoms with E-state index in [1.807, 2.05) is 11.4 Å². The molecule has 0 aliphatic carbocycles. The normalized spacial score (nSPS) is 12.8. The molecule has 14 heavy (non-hydrogen) atoms. The number of hydrogen-bond acceptors (Lipinski definition) is 3. The fraction of sp³-hybridized carbons (Fsp3) is 0.500. The Bertz CT molecular complexity index is 327. The van der Waals surface area contributed by atoms with Gasteiger partial charge in [-0.1, -0.05) is 13.8 Å². The van der Waals surface area contributed by atoms with Gasteiger partial charge in [0.1, 0.15) is 6.04 Å². The van der Waals surface area contributed by atoms with Crippen molar-refractivity contribution < 1.29 is 0 Å². The zero-order valence-corrected chi connectivity index (χ0v) is 10.7. The van der Waals surface area contributed by atoms with Gasteiger partial charge in [-0.15, -0.1) is 11.3 Å². The van der Waals surface area contributed by atoms with Gasteiger partial charge >= 0.3 is 0 Å². The van der Waals surface area contributed by atoms with E-state index in [1.165, 1.54) is 0 Å². The van der Waals surface area contributed by atoms with Crippen molar-refractivity contribution in [2.45, 2.75) is 19.9 Å². The minimum atomic E-state index is -0.173. The summed E-state index contributed by atoms with van der Waals surface area (Å²) in [4.78, 5) is 1.07. The summed E-state index contributed by atoms with van der Waals surface area (Å²) in [5, 5.41) is 14.2. The molecular weight excluding hydrogens is 260 g/mol. The summed E-state index contributed by atoms with van der Waals surface area (Å²) in [6.45, 7) is 5.13. The lowest BCUT2D eigenvalue weighted by molar-refractivity contribution is 0.528. The second kappa shape index (κ2) is 5.50. The molecule has 0 aromatic carbocycles. The highest BCUT2D eigenvalue weighted by molar-refractivity contribution is 9.10. The maximum atomic E-state index is 8.98. The van der Waals surface area contributed by atoms with Crippen LogP contribution in [0.25, 0.3) is 0 Å². The summed E-state index contributed by atoms with van der Waals surface area (Å²) in [6, 6.07) is 4.08. The van der Waals surface area contributed by atoms with Gasteiger partial charge in [-0.05, 0) is 34.5 Å². The minimum Gasteiger partial charge on any atom is -0.297 e. The van der Waals surface area contributed by atoms with Crippen molar-refractivity contribution in [2.24, 2.45) is 5.92 Å². The lowest BCUT2D eigenvalue weighted by Gasteiger charge is -2.11. The van der Waals surface area contributed by atoms with Crippen molar-refractivity contribution in [2.75, 3.05) is 6.54 Å². The molecule has 0 saturated carbocycles. The summed E-state index contributed by atoms with van der Waals surface area (Å²) in [6.07, 6.45) is 0. The highest BCUT2D eigenvalue weighted by Crippen LogP contribution is 2.25. The largest absolute Gasteiger partial charge is 0.297 e. The van der Waals surface area contributed by atoms with Crippen LogP contribution in [0.15, 0.2) is 15.9 Å². The van der Waals surface area contributed by atoms with Gasteiger partial charge in [0.15, 0.2) is 0 Å². The SMILES string of the molecule is CC(C)CNC(C#N)c1cc(Br)cs1. The monoisotopic (exact) mass is 272 g/mol. The second-order valence-corrected chi connectivity index (χ2v) is 5.39. The van der Waals surface area contributed by atoms with Crippen LogP contribution in [0.5, 0.6) is 0 Å². The highest BCUT2D eigenvalue weighted by atomic mass is 79.9. The number of rotatable bonds is 4. The second-order valence-electron chi connectivity index (χ2n) is 3.53. The van der Waals surface area contributed by atoms with Crippen LogP contribution in [0.3, 0.4) is 0 Å². The van der Waals surface area contributed by atoms with Gasteiger partial charge in [-0.2, -0.15) is 5.26 Å². The topological polar surface area (TPSA) is 35.8 Å². The molecular formula is C10H13BrN2S. The third-order valence-electron chi connectivity index (χ3n) is 1.73. The molecule has 1 rings (SSSR count). The molecule has 0 amide bonds. The molecule has 0 radical (unpaired) electrons. The van der Waals surface area contributed by atoms with E-state index in [2.05, 4.69) is 41.2 Å². The van der Waals surface area contributed by atoms with Crippen LogP contribution in [0.2, 0.25) is 0 Å². The average molecular weight is 273 g/mol. The summed E-state index contributed by atoms with van der Waals surface area (Å²) in [5.41, 5.74) is 0. The number of nitrogens with zero attached hydrogens (tertiary/aromatic N) is 1. The van der Waals surface area contributed by atoms with Gasteiger partial charge in [0.05, 0.1) is 6.07 Å². The Balaban J connectivity index is 2.60. The molecule has 0 saturated heterocycles. The molecule has 0 aliphatic heterocycles. The van der Waals surface area contributed by atoms with Gasteiger partial charge in [0.25, 0.3) is 0 Å². The molecule has 1 heterocycles. The Morgan fingerprint density at radius 3 is 2.79 bits per heavy atom. The van der Waals surface area contributed by atoms with E-state index in [0.717, 1.165) is 15.9 Å². The molecule has 4 heteroatoms. The number of hydrogen-bond donors (Lipinski definition) is 1. The summed E-state index contributed by atoms with van der Waals surface area (Å²) >= 11 is 4.98. The van der Waals surface area contributed by atoms with Crippen molar-refractivity contribution in [3.8, 4) is 6.07 Å². The molecule has 0 bridgehead atoms. The molecule has 0 aliphatic rings. The van der Waals surface area contributed by atoms with Crippen molar-refractivity contribution in [1.82, 2.24) is 5.32 Å². The van der Waals surface area contributed by atoms with Crippen LogP contribution in [0, 0.1) is 17.2 Å². The molecule has 2 nitrogen and oxygen atoms in total. The van der Waals surface area contributed by atoms with E-state index in [1.54, 1.807) is 11.3 Å². The molecule has 0 fully saturated rings. The zero-order valence-electron chi connectivity index (χ0n) is 8.25. The Kier molecular flexibility index (Phi) is 4.59. The van der Waals surface area contributed by atoms with E-state index in [-0.39, 0.29) is 6.04 Å². The standard InChI is InChI=1S/C10H13BrN2S/c1-7(2)5-13-9(4-12)10-3-8(11)6-14-10/h3,6-7,9,13H,5H2,1-2H3. The highest BCUT2D eigenvalue weighted by Gasteiger charge is 2.12. The van der Waals surface area contributed by atoms with E-state index in [0.29, 0.717) is 5.92 Å². The smallest absolute Gasteiger partial charge is 0.130 e. The van der Waals surface area contributed by atoms with Gasteiger partial charge in [0.2, 0.25) is 0 Å². The number of thiophene rings is 1. The molecule has 1 aromatic heterocycles. The van der Waals surface area contributed by atoms with Gasteiger partial charge in [-0.3, -0.25) is 5.32 Å². The predicted octanol–water partition coefficient (Wildman–Crippen LogP) is 3.32. The number of halogens is 1. The van der Waals surface area contributed by atoms with E-state index in [4.69, 9.17) is 5.26 Å². The summed E-state index contributed by atoms with van der Waals surface area (Å²) in [7, 11) is 0. The molecule has 0 spiro atoms. The maximum Gasteiger partial charge on any atom is 0.130 e. The Morgan fingerprint density at radius 2 is 2.36 bits per heavy atom. The summed E-state index contributed by atoms with van der Waals surface area (Å²) < 4.78 is 1.05. The molecule has 1 aromatic rings. The van der Waals surface area contributed by atoms with Crippen LogP contribution in [-0.4, -0.2) is 6.54 Å². The molecule has 1 N–H and O–H groups in total. The molecule has 1 unspecified atom stereocenters. The first-order valence-electron chi connectivity index (χ1n) is 4.50. The lowest BCUT2D eigenvalue weighted by Crippen LogP contribution is -2.23. The van der Waals surface area contributed by atoms with Crippen LogP contribution in [0.1, 0.15) is 24.8 Å². The fourth-order valence-corrected chi connectivity index (χ4v) is 2.51. The quantitative estimate of drug-likeness (QED) is 0.913. The van der Waals surface area contributed by atoms with Gasteiger partial charge in [-0.25, -0.2) is 0 Å². The van der Waals surface area contributed by atoms with Crippen molar-refractivity contribution >= 4 is 27.3 Å². The third-order valence-corrected chi connectivity index (χ3v) is 3.49. The van der Waals surface area contributed by atoms with E-state index >= 15 is 0 Å².